The summed E-state index contributed by atoms with van der Waals surface area (Å²) in [6.45, 7) is 3.67. The predicted molar refractivity (Wildman–Crippen MR) is 142 cm³/mol. The number of carbonyl (C=O) groups is 1. The van der Waals surface area contributed by atoms with Crippen LogP contribution >= 0.6 is 34.5 Å². The first-order valence-corrected chi connectivity index (χ1v) is 13.3. The van der Waals surface area contributed by atoms with Crippen molar-refractivity contribution in [2.75, 3.05) is 20.2 Å². The summed E-state index contributed by atoms with van der Waals surface area (Å²) in [6.07, 6.45) is 2.96. The van der Waals surface area contributed by atoms with Gasteiger partial charge in [0.2, 0.25) is 0 Å². The Morgan fingerprint density at radius 1 is 1.22 bits per heavy atom. The molecule has 0 saturated carbocycles. The van der Waals surface area contributed by atoms with E-state index in [9.17, 15) is 9.18 Å². The molecular formula is C26H24Cl2FN3O4S. The van der Waals surface area contributed by atoms with Gasteiger partial charge in [0.15, 0.2) is 4.88 Å². The van der Waals surface area contributed by atoms with Crippen molar-refractivity contribution in [3.05, 3.63) is 69.0 Å². The highest BCUT2D eigenvalue weighted by Crippen LogP contribution is 2.40. The Morgan fingerprint density at radius 3 is 2.76 bits per heavy atom. The lowest BCUT2D eigenvalue weighted by Crippen LogP contribution is -2.34. The summed E-state index contributed by atoms with van der Waals surface area (Å²) in [5, 5.41) is 4.40. The lowest BCUT2D eigenvalue weighted by molar-refractivity contribution is 0.0600. The first-order chi connectivity index (χ1) is 17.9. The third-order valence-electron chi connectivity index (χ3n) is 6.20. The van der Waals surface area contributed by atoms with Gasteiger partial charge in [0, 0.05) is 17.7 Å². The first kappa shape index (κ1) is 25.8. The quantitative estimate of drug-likeness (QED) is 0.256. The SMILES string of the molecule is COC(=O)c1sc(-n2cnc3cc(F)c(Cl)cc32)cc1O[C@H](C)c1cccc(OC2CCNCC2)c1Cl. The van der Waals surface area contributed by atoms with E-state index in [0.29, 0.717) is 32.6 Å². The predicted octanol–water partition coefficient (Wildman–Crippen LogP) is 6.59. The minimum atomic E-state index is -0.554. The number of benzene rings is 2. The second-order valence-corrected chi connectivity index (χ2v) is 10.4. The standard InChI is InChI=1S/C26H24Cl2FN3O4S/c1-14(16-4-3-5-21(24(16)28)36-15-6-8-30-9-7-15)35-22-12-23(37-25(22)26(33)34-2)32-13-31-19-11-18(29)17(27)10-20(19)32/h3-5,10-15,30H,6-9H2,1-2H3/t14-/m1/s1. The molecule has 7 nitrogen and oxygen atoms in total. The fourth-order valence-electron chi connectivity index (χ4n) is 4.26. The number of nitrogens with one attached hydrogen (secondary N) is 1. The highest BCUT2D eigenvalue weighted by Gasteiger charge is 2.24. The van der Waals surface area contributed by atoms with Crippen LogP contribution in [-0.4, -0.2) is 41.8 Å². The molecule has 4 aromatic rings. The molecule has 2 aromatic heterocycles. The van der Waals surface area contributed by atoms with E-state index in [4.69, 9.17) is 37.4 Å². The Labute approximate surface area is 227 Å². The monoisotopic (exact) mass is 563 g/mol. The Bertz CT molecular complexity index is 1450. The fourth-order valence-corrected chi connectivity index (χ4v) is 5.74. The van der Waals surface area contributed by atoms with E-state index in [-0.39, 0.29) is 16.0 Å². The van der Waals surface area contributed by atoms with Gasteiger partial charge in [0.1, 0.15) is 40.9 Å². The van der Waals surface area contributed by atoms with Crippen molar-refractivity contribution >= 4 is 51.5 Å². The topological polar surface area (TPSA) is 74.6 Å². The van der Waals surface area contributed by atoms with Crippen molar-refractivity contribution in [2.24, 2.45) is 0 Å². The fraction of sp³-hybridized carbons (Fsp3) is 0.308. The molecule has 0 spiro atoms. The summed E-state index contributed by atoms with van der Waals surface area (Å²) >= 11 is 13.9. The van der Waals surface area contributed by atoms with Gasteiger partial charge in [-0.05, 0) is 45.0 Å². The second-order valence-electron chi connectivity index (χ2n) is 8.63. The number of halogens is 3. The molecule has 0 amide bonds. The maximum absolute atomic E-state index is 13.9. The van der Waals surface area contributed by atoms with Gasteiger partial charge in [0.25, 0.3) is 0 Å². The number of thiophene rings is 1. The zero-order chi connectivity index (χ0) is 26.1. The van der Waals surface area contributed by atoms with Crippen LogP contribution in [0.15, 0.2) is 42.7 Å². The zero-order valence-corrected chi connectivity index (χ0v) is 22.4. The maximum Gasteiger partial charge on any atom is 0.351 e. The number of fused-ring (bicyclic) bond motifs is 1. The minimum Gasteiger partial charge on any atom is -0.489 e. The summed E-state index contributed by atoms with van der Waals surface area (Å²) in [7, 11) is 1.31. The molecule has 1 N–H and O–H groups in total. The van der Waals surface area contributed by atoms with Crippen molar-refractivity contribution in [2.45, 2.75) is 32.0 Å². The van der Waals surface area contributed by atoms with Crippen LogP contribution in [0.1, 0.15) is 41.1 Å². The number of methoxy groups -OCH3 is 1. The van der Waals surface area contributed by atoms with Crippen LogP contribution in [-0.2, 0) is 4.74 Å². The molecule has 37 heavy (non-hydrogen) atoms. The number of ether oxygens (including phenoxy) is 3. The normalized spacial score (nSPS) is 15.1. The van der Waals surface area contributed by atoms with Crippen molar-refractivity contribution in [1.82, 2.24) is 14.9 Å². The summed E-state index contributed by atoms with van der Waals surface area (Å²) in [6, 6.07) is 10.1. The number of nitrogens with zero attached hydrogens (tertiary/aromatic N) is 2. The molecule has 5 rings (SSSR count). The summed E-state index contributed by atoms with van der Waals surface area (Å²) in [5.41, 5.74) is 1.75. The Hall–Kier alpha value is -2.85. The van der Waals surface area contributed by atoms with E-state index < -0.39 is 17.9 Å². The van der Waals surface area contributed by atoms with Gasteiger partial charge in [-0.25, -0.2) is 14.2 Å². The molecular weight excluding hydrogens is 540 g/mol. The molecule has 1 aliphatic heterocycles. The molecule has 0 aliphatic carbocycles. The van der Waals surface area contributed by atoms with Crippen molar-refractivity contribution in [3.63, 3.8) is 0 Å². The van der Waals surface area contributed by atoms with E-state index in [0.717, 1.165) is 31.5 Å². The van der Waals surface area contributed by atoms with E-state index >= 15 is 0 Å². The molecule has 1 fully saturated rings. The highest BCUT2D eigenvalue weighted by atomic mass is 35.5. The average molecular weight is 564 g/mol. The maximum atomic E-state index is 13.9. The summed E-state index contributed by atoms with van der Waals surface area (Å²) in [5.74, 6) is -0.159. The highest BCUT2D eigenvalue weighted by molar-refractivity contribution is 7.16. The van der Waals surface area contributed by atoms with Crippen LogP contribution in [0.4, 0.5) is 4.39 Å². The van der Waals surface area contributed by atoms with Crippen LogP contribution < -0.4 is 14.8 Å². The Kier molecular flexibility index (Phi) is 7.57. The number of aromatic nitrogens is 2. The summed E-state index contributed by atoms with van der Waals surface area (Å²) in [4.78, 5) is 17.1. The van der Waals surface area contributed by atoms with E-state index in [1.807, 2.05) is 25.1 Å². The Balaban J connectivity index is 1.45. The molecule has 3 heterocycles. The van der Waals surface area contributed by atoms with Gasteiger partial charge in [-0.1, -0.05) is 35.3 Å². The summed E-state index contributed by atoms with van der Waals surface area (Å²) < 4.78 is 33.0. The minimum absolute atomic E-state index is 0.0228. The van der Waals surface area contributed by atoms with Crippen LogP contribution in [0.3, 0.4) is 0 Å². The van der Waals surface area contributed by atoms with Crippen molar-refractivity contribution in [1.29, 1.82) is 0 Å². The van der Waals surface area contributed by atoms with Gasteiger partial charge in [0.05, 0.1) is 28.2 Å². The van der Waals surface area contributed by atoms with E-state index in [1.54, 1.807) is 17.0 Å². The molecule has 2 aromatic carbocycles. The average Bonchev–Trinajstić information content (AvgIpc) is 3.49. The molecule has 1 atom stereocenters. The number of hydrogen-bond donors (Lipinski definition) is 1. The lowest BCUT2D eigenvalue weighted by Gasteiger charge is -2.25. The van der Waals surface area contributed by atoms with Crippen LogP contribution in [0.5, 0.6) is 11.5 Å². The molecule has 1 saturated heterocycles. The second kappa shape index (κ2) is 10.9. The van der Waals surface area contributed by atoms with Crippen molar-refractivity contribution in [3.8, 4) is 16.5 Å². The number of rotatable bonds is 7. The molecule has 1 aliphatic rings. The lowest BCUT2D eigenvalue weighted by atomic mass is 10.1. The first-order valence-electron chi connectivity index (χ1n) is 11.7. The zero-order valence-electron chi connectivity index (χ0n) is 20.1. The van der Waals surface area contributed by atoms with Crippen LogP contribution in [0, 0.1) is 5.82 Å². The number of hydrogen-bond acceptors (Lipinski definition) is 7. The molecule has 0 unspecified atom stereocenters. The van der Waals surface area contributed by atoms with Gasteiger partial charge in [-0.2, -0.15) is 0 Å². The molecule has 0 radical (unpaired) electrons. The smallest absolute Gasteiger partial charge is 0.351 e. The van der Waals surface area contributed by atoms with Gasteiger partial charge in [-0.3, -0.25) is 4.57 Å². The van der Waals surface area contributed by atoms with Crippen LogP contribution in [0.2, 0.25) is 10.0 Å². The van der Waals surface area contributed by atoms with E-state index in [2.05, 4.69) is 10.3 Å². The van der Waals surface area contributed by atoms with Gasteiger partial charge >= 0.3 is 5.97 Å². The molecule has 0 bridgehead atoms. The number of esters is 1. The number of piperidine rings is 1. The van der Waals surface area contributed by atoms with E-state index in [1.165, 1.54) is 30.6 Å². The molecule has 11 heteroatoms. The third kappa shape index (κ3) is 5.27. The molecule has 194 valence electrons. The third-order valence-corrected chi connectivity index (χ3v) is 7.99. The number of imidazole rings is 1. The van der Waals surface area contributed by atoms with Gasteiger partial charge < -0.3 is 19.5 Å². The number of carbonyl (C=O) groups excluding carboxylic acids is 1. The largest absolute Gasteiger partial charge is 0.489 e. The van der Waals surface area contributed by atoms with Crippen molar-refractivity contribution < 1.29 is 23.4 Å². The van der Waals surface area contributed by atoms with Gasteiger partial charge in [-0.15, -0.1) is 11.3 Å². The Morgan fingerprint density at radius 2 is 2.00 bits per heavy atom. The van der Waals surface area contributed by atoms with Crippen LogP contribution in [0.25, 0.3) is 16.0 Å².